The second-order valence-corrected chi connectivity index (χ2v) is 7.63. The van der Waals surface area contributed by atoms with E-state index in [0.717, 1.165) is 5.56 Å². The Morgan fingerprint density at radius 1 is 0.913 bits per heavy atom. The lowest BCUT2D eigenvalue weighted by atomic mass is 10.1. The molecule has 0 aliphatic carbocycles. The molecule has 1 fully saturated rings. The summed E-state index contributed by atoms with van der Waals surface area (Å²) in [7, 11) is -3.64. The predicted octanol–water partition coefficient (Wildman–Crippen LogP) is 2.24. The van der Waals surface area contributed by atoms with Crippen molar-refractivity contribution >= 4 is 15.9 Å². The van der Waals surface area contributed by atoms with Gasteiger partial charge in [-0.05, 0) is 24.6 Å². The lowest BCUT2D eigenvalue weighted by Gasteiger charge is -2.39. The summed E-state index contributed by atoms with van der Waals surface area (Å²) in [6, 6.07) is 15.7. The molecule has 5 nitrogen and oxygen atoms in total. The highest BCUT2D eigenvalue weighted by Crippen LogP contribution is 2.41. The largest absolute Gasteiger partial charge is 0.318 e. The smallest absolute Gasteiger partial charge is 0.255 e. The molecule has 2 aliphatic rings. The topological polar surface area (TPSA) is 57.7 Å². The summed E-state index contributed by atoms with van der Waals surface area (Å²) in [4.78, 5) is 14.5. The molecule has 0 bridgehead atoms. The summed E-state index contributed by atoms with van der Waals surface area (Å²) in [6.07, 6.45) is 0.111. The maximum absolute atomic E-state index is 13.0. The van der Waals surface area contributed by atoms with Gasteiger partial charge in [-0.25, -0.2) is 8.42 Å². The van der Waals surface area contributed by atoms with Crippen LogP contribution in [0.5, 0.6) is 0 Å². The van der Waals surface area contributed by atoms with Crippen LogP contribution in [0, 0.1) is 0 Å². The summed E-state index contributed by atoms with van der Waals surface area (Å²) in [6.45, 7) is 0.999. The SMILES string of the molecule is O=C1c2ccccc2[C@H]2N1CCCN2S(=O)(=O)c1ccccc1. The molecule has 2 heterocycles. The van der Waals surface area contributed by atoms with E-state index >= 15 is 0 Å². The van der Waals surface area contributed by atoms with E-state index in [1.807, 2.05) is 18.2 Å². The van der Waals surface area contributed by atoms with Crippen molar-refractivity contribution in [3.8, 4) is 0 Å². The van der Waals surface area contributed by atoms with Crippen LogP contribution in [0.3, 0.4) is 0 Å². The number of hydrogen-bond donors (Lipinski definition) is 0. The molecular weight excluding hydrogens is 312 g/mol. The lowest BCUT2D eigenvalue weighted by Crippen LogP contribution is -2.48. The van der Waals surface area contributed by atoms with Gasteiger partial charge >= 0.3 is 0 Å². The van der Waals surface area contributed by atoms with Crippen LogP contribution < -0.4 is 0 Å². The lowest BCUT2D eigenvalue weighted by molar-refractivity contribution is 0.0470. The molecule has 0 radical (unpaired) electrons. The van der Waals surface area contributed by atoms with Crippen LogP contribution in [0.15, 0.2) is 59.5 Å². The van der Waals surface area contributed by atoms with E-state index in [2.05, 4.69) is 0 Å². The van der Waals surface area contributed by atoms with Crippen molar-refractivity contribution in [2.45, 2.75) is 17.5 Å². The molecule has 23 heavy (non-hydrogen) atoms. The standard InChI is InChI=1S/C17H16N2O3S/c20-17-15-10-5-4-9-14(15)16-18(17)11-6-12-19(16)23(21,22)13-7-2-1-3-8-13/h1-5,7-10,16H,6,11-12H2/t16-/m0/s1. The maximum atomic E-state index is 13.0. The fraction of sp³-hybridized carbons (Fsp3) is 0.235. The summed E-state index contributed by atoms with van der Waals surface area (Å²) in [5.41, 5.74) is 1.38. The Hall–Kier alpha value is -2.18. The van der Waals surface area contributed by atoms with Gasteiger partial charge in [0.1, 0.15) is 6.17 Å². The van der Waals surface area contributed by atoms with Crippen LogP contribution in [0.2, 0.25) is 0 Å². The molecular formula is C17H16N2O3S. The minimum Gasteiger partial charge on any atom is -0.318 e. The molecule has 118 valence electrons. The number of rotatable bonds is 2. The monoisotopic (exact) mass is 328 g/mol. The molecule has 0 spiro atoms. The Bertz CT molecular complexity index is 864. The van der Waals surface area contributed by atoms with Crippen molar-refractivity contribution in [3.05, 3.63) is 65.7 Å². The second kappa shape index (κ2) is 5.18. The Balaban J connectivity index is 1.83. The van der Waals surface area contributed by atoms with Crippen molar-refractivity contribution in [1.82, 2.24) is 9.21 Å². The zero-order valence-corrected chi connectivity index (χ0v) is 13.2. The van der Waals surface area contributed by atoms with Gasteiger partial charge < -0.3 is 4.90 Å². The van der Waals surface area contributed by atoms with Crippen molar-refractivity contribution in [1.29, 1.82) is 0 Å². The van der Waals surface area contributed by atoms with Gasteiger partial charge in [0.15, 0.2) is 0 Å². The van der Waals surface area contributed by atoms with Crippen LogP contribution in [0.4, 0.5) is 0 Å². The van der Waals surface area contributed by atoms with E-state index in [4.69, 9.17) is 0 Å². The highest BCUT2D eigenvalue weighted by molar-refractivity contribution is 7.89. The molecule has 0 unspecified atom stereocenters. The van der Waals surface area contributed by atoms with Gasteiger partial charge in [-0.15, -0.1) is 0 Å². The van der Waals surface area contributed by atoms with Gasteiger partial charge in [0.05, 0.1) is 4.90 Å². The summed E-state index contributed by atoms with van der Waals surface area (Å²) < 4.78 is 27.5. The first kappa shape index (κ1) is 14.4. The molecule has 0 N–H and O–H groups in total. The molecule has 1 atom stereocenters. The third-order valence-corrected chi connectivity index (χ3v) is 6.29. The molecule has 2 aliphatic heterocycles. The molecule has 6 heteroatoms. The second-order valence-electron chi connectivity index (χ2n) is 5.74. The first-order valence-electron chi connectivity index (χ1n) is 7.57. The number of benzene rings is 2. The first-order chi connectivity index (χ1) is 11.1. The zero-order valence-electron chi connectivity index (χ0n) is 12.4. The number of amides is 1. The molecule has 4 rings (SSSR count). The van der Waals surface area contributed by atoms with Gasteiger partial charge in [-0.1, -0.05) is 36.4 Å². The average molecular weight is 328 g/mol. The number of fused-ring (bicyclic) bond motifs is 3. The molecule has 1 amide bonds. The summed E-state index contributed by atoms with van der Waals surface area (Å²) >= 11 is 0. The summed E-state index contributed by atoms with van der Waals surface area (Å²) in [5, 5.41) is 0. The minimum atomic E-state index is -3.64. The van der Waals surface area contributed by atoms with Crippen LogP contribution in [-0.4, -0.2) is 36.6 Å². The van der Waals surface area contributed by atoms with E-state index in [0.29, 0.717) is 25.1 Å². The average Bonchev–Trinajstić information content (AvgIpc) is 2.89. The molecule has 2 aromatic carbocycles. The number of hydrogen-bond acceptors (Lipinski definition) is 3. The van der Waals surface area contributed by atoms with E-state index < -0.39 is 16.2 Å². The Labute approximate surface area is 135 Å². The van der Waals surface area contributed by atoms with Gasteiger partial charge in [0.2, 0.25) is 10.0 Å². The van der Waals surface area contributed by atoms with Crippen molar-refractivity contribution in [3.63, 3.8) is 0 Å². The van der Waals surface area contributed by atoms with Crippen LogP contribution in [0.25, 0.3) is 0 Å². The maximum Gasteiger partial charge on any atom is 0.255 e. The van der Waals surface area contributed by atoms with Crippen LogP contribution in [-0.2, 0) is 10.0 Å². The summed E-state index contributed by atoms with van der Waals surface area (Å²) in [5.74, 6) is -0.0847. The van der Waals surface area contributed by atoms with Crippen LogP contribution >= 0.6 is 0 Å². The molecule has 0 aromatic heterocycles. The van der Waals surface area contributed by atoms with Crippen molar-refractivity contribution in [2.24, 2.45) is 0 Å². The van der Waals surface area contributed by atoms with E-state index in [1.165, 1.54) is 4.31 Å². The Morgan fingerprint density at radius 2 is 1.61 bits per heavy atom. The van der Waals surface area contributed by atoms with Crippen molar-refractivity contribution in [2.75, 3.05) is 13.1 Å². The van der Waals surface area contributed by atoms with Gasteiger partial charge in [-0.3, -0.25) is 4.79 Å². The fourth-order valence-corrected chi connectivity index (χ4v) is 5.02. The minimum absolute atomic E-state index is 0.0847. The first-order valence-corrected chi connectivity index (χ1v) is 9.01. The quantitative estimate of drug-likeness (QED) is 0.849. The fourth-order valence-electron chi connectivity index (χ4n) is 3.38. The van der Waals surface area contributed by atoms with Gasteiger partial charge in [0.25, 0.3) is 5.91 Å². The van der Waals surface area contributed by atoms with Crippen LogP contribution in [0.1, 0.15) is 28.5 Å². The Morgan fingerprint density at radius 3 is 2.39 bits per heavy atom. The normalized spacial score (nSPS) is 21.1. The molecule has 2 aromatic rings. The van der Waals surface area contributed by atoms with Gasteiger partial charge in [-0.2, -0.15) is 4.31 Å². The molecule has 0 saturated carbocycles. The third-order valence-electron chi connectivity index (χ3n) is 4.43. The van der Waals surface area contributed by atoms with E-state index in [-0.39, 0.29) is 10.8 Å². The molecule has 1 saturated heterocycles. The zero-order chi connectivity index (χ0) is 16.0. The highest BCUT2D eigenvalue weighted by atomic mass is 32.2. The number of carbonyl (C=O) groups is 1. The number of nitrogens with zero attached hydrogens (tertiary/aromatic N) is 2. The van der Waals surface area contributed by atoms with Crippen molar-refractivity contribution < 1.29 is 13.2 Å². The Kier molecular flexibility index (Phi) is 3.25. The number of sulfonamides is 1. The van der Waals surface area contributed by atoms with E-state index in [9.17, 15) is 13.2 Å². The van der Waals surface area contributed by atoms with Gasteiger partial charge in [0, 0.05) is 24.2 Å². The highest BCUT2D eigenvalue weighted by Gasteiger charge is 2.46. The van der Waals surface area contributed by atoms with E-state index in [1.54, 1.807) is 41.3 Å². The predicted molar refractivity (Wildman–Crippen MR) is 85.2 cm³/mol. The third kappa shape index (κ3) is 2.09. The number of carbonyl (C=O) groups excluding carboxylic acids is 1.